The van der Waals surface area contributed by atoms with E-state index in [-0.39, 0.29) is 0 Å². The fourth-order valence-corrected chi connectivity index (χ4v) is 0.811. The minimum atomic E-state index is 0.650. The molecule has 1 radical (unpaired) electrons. The van der Waals surface area contributed by atoms with E-state index in [9.17, 15) is 0 Å². The number of aromatic nitrogens is 2. The minimum absolute atomic E-state index is 0.650. The van der Waals surface area contributed by atoms with Gasteiger partial charge in [0, 0.05) is 7.05 Å². The predicted octanol–water partition coefficient (Wildman–Crippen LogP) is 1.56. The molecular formula is C6H8ClN2. The maximum atomic E-state index is 5.75. The van der Waals surface area contributed by atoms with Crippen LogP contribution in [0, 0.1) is 13.8 Å². The highest BCUT2D eigenvalue weighted by Gasteiger charge is 2.04. The van der Waals surface area contributed by atoms with Crippen LogP contribution in [0.5, 0.6) is 0 Å². The third-order valence-electron chi connectivity index (χ3n) is 1.33. The van der Waals surface area contributed by atoms with E-state index in [4.69, 9.17) is 11.6 Å². The topological polar surface area (TPSA) is 17.8 Å². The summed E-state index contributed by atoms with van der Waals surface area (Å²) >= 11 is 5.75. The average Bonchev–Trinajstić information content (AvgIpc) is 1.98. The Balaban J connectivity index is 3.29. The highest BCUT2D eigenvalue weighted by molar-refractivity contribution is 6.31. The Morgan fingerprint density at radius 1 is 1.67 bits per heavy atom. The van der Waals surface area contributed by atoms with Gasteiger partial charge in [-0.2, -0.15) is 5.10 Å². The van der Waals surface area contributed by atoms with Gasteiger partial charge in [-0.05, 0) is 13.8 Å². The second-order valence-electron chi connectivity index (χ2n) is 1.97. The molecule has 0 fully saturated rings. The van der Waals surface area contributed by atoms with Gasteiger partial charge in [0.05, 0.1) is 16.4 Å². The summed E-state index contributed by atoms with van der Waals surface area (Å²) in [6, 6.07) is 0. The zero-order valence-corrected chi connectivity index (χ0v) is 6.24. The smallest absolute Gasteiger partial charge is 0.0847 e. The molecule has 1 aromatic heterocycles. The highest BCUT2D eigenvalue weighted by Crippen LogP contribution is 2.17. The van der Waals surface area contributed by atoms with E-state index >= 15 is 0 Å². The maximum absolute atomic E-state index is 5.75. The van der Waals surface area contributed by atoms with E-state index in [0.29, 0.717) is 10.7 Å². The minimum Gasteiger partial charge on any atom is -0.271 e. The second kappa shape index (κ2) is 2.03. The van der Waals surface area contributed by atoms with Gasteiger partial charge in [-0.3, -0.25) is 4.68 Å². The summed E-state index contributed by atoms with van der Waals surface area (Å²) in [6.45, 7) is 5.54. The molecule has 0 atom stereocenters. The molecule has 9 heavy (non-hydrogen) atoms. The van der Waals surface area contributed by atoms with Gasteiger partial charge in [0.25, 0.3) is 0 Å². The second-order valence-corrected chi connectivity index (χ2v) is 2.35. The van der Waals surface area contributed by atoms with Crippen LogP contribution in [0.3, 0.4) is 0 Å². The van der Waals surface area contributed by atoms with Crippen LogP contribution in [-0.2, 0) is 7.05 Å². The first-order valence-electron chi connectivity index (χ1n) is 2.64. The quantitative estimate of drug-likeness (QED) is 0.539. The fraction of sp³-hybridized carbons (Fsp3) is 0.333. The van der Waals surface area contributed by atoms with Crippen molar-refractivity contribution in [3.63, 3.8) is 0 Å². The zero-order valence-electron chi connectivity index (χ0n) is 5.48. The molecule has 49 valence electrons. The third-order valence-corrected chi connectivity index (χ3v) is 1.82. The van der Waals surface area contributed by atoms with Crippen molar-refractivity contribution >= 4 is 11.6 Å². The molecule has 0 aliphatic rings. The summed E-state index contributed by atoms with van der Waals surface area (Å²) in [7, 11) is 1.84. The van der Waals surface area contributed by atoms with Gasteiger partial charge in [-0.1, -0.05) is 11.6 Å². The van der Waals surface area contributed by atoms with E-state index in [1.54, 1.807) is 4.68 Å². The molecular weight excluding hydrogens is 136 g/mol. The van der Waals surface area contributed by atoms with Crippen molar-refractivity contribution in [2.45, 2.75) is 6.92 Å². The van der Waals surface area contributed by atoms with E-state index in [1.807, 2.05) is 14.0 Å². The van der Waals surface area contributed by atoms with Crippen molar-refractivity contribution < 1.29 is 0 Å². The summed E-state index contributed by atoms with van der Waals surface area (Å²) in [5.74, 6) is 0. The summed E-state index contributed by atoms with van der Waals surface area (Å²) in [4.78, 5) is 0. The lowest BCUT2D eigenvalue weighted by Gasteiger charge is -1.89. The fourth-order valence-electron chi connectivity index (χ4n) is 0.651. The average molecular weight is 144 g/mol. The summed E-state index contributed by atoms with van der Waals surface area (Å²) in [5, 5.41) is 4.65. The van der Waals surface area contributed by atoms with Gasteiger partial charge in [0.15, 0.2) is 0 Å². The molecule has 0 N–H and O–H groups in total. The first-order chi connectivity index (χ1) is 4.13. The van der Waals surface area contributed by atoms with Crippen LogP contribution in [-0.4, -0.2) is 9.78 Å². The highest BCUT2D eigenvalue weighted by atomic mass is 35.5. The van der Waals surface area contributed by atoms with Crippen LogP contribution in [0.4, 0.5) is 0 Å². The Morgan fingerprint density at radius 3 is 2.33 bits per heavy atom. The van der Waals surface area contributed by atoms with E-state index in [0.717, 1.165) is 5.69 Å². The van der Waals surface area contributed by atoms with Crippen LogP contribution in [0.1, 0.15) is 11.4 Å². The van der Waals surface area contributed by atoms with Crippen LogP contribution in [0.2, 0.25) is 5.02 Å². The van der Waals surface area contributed by atoms with Crippen molar-refractivity contribution in [1.82, 2.24) is 9.78 Å². The molecule has 1 heterocycles. The number of halogens is 1. The first-order valence-corrected chi connectivity index (χ1v) is 3.01. The first kappa shape index (κ1) is 6.62. The molecule has 1 rings (SSSR count). The molecule has 0 aliphatic carbocycles. The standard InChI is InChI=1S/C6H8ClN2/c1-4-6(7)5(2)9(3)8-4/h1H2,2-3H3. The van der Waals surface area contributed by atoms with Gasteiger partial charge in [-0.25, -0.2) is 0 Å². The van der Waals surface area contributed by atoms with E-state index in [1.165, 1.54) is 0 Å². The molecule has 1 aromatic rings. The van der Waals surface area contributed by atoms with E-state index < -0.39 is 0 Å². The Kier molecular flexibility index (Phi) is 1.49. The molecule has 0 aromatic carbocycles. The van der Waals surface area contributed by atoms with Crippen molar-refractivity contribution in [3.8, 4) is 0 Å². The third kappa shape index (κ3) is 0.944. The summed E-state index contributed by atoms with van der Waals surface area (Å²) < 4.78 is 1.71. The van der Waals surface area contributed by atoms with Crippen molar-refractivity contribution in [3.05, 3.63) is 23.3 Å². The lowest BCUT2D eigenvalue weighted by molar-refractivity contribution is 0.735. The molecule has 0 saturated carbocycles. The van der Waals surface area contributed by atoms with Gasteiger partial charge < -0.3 is 0 Å². The zero-order chi connectivity index (χ0) is 7.02. The molecule has 0 spiro atoms. The Morgan fingerprint density at radius 2 is 2.22 bits per heavy atom. The number of hydrogen-bond donors (Lipinski definition) is 0. The number of aryl methyl sites for hydroxylation is 1. The van der Waals surface area contributed by atoms with Crippen LogP contribution in [0.15, 0.2) is 0 Å². The molecule has 0 saturated heterocycles. The molecule has 3 heteroatoms. The van der Waals surface area contributed by atoms with Gasteiger partial charge in [-0.15, -0.1) is 0 Å². The van der Waals surface area contributed by atoms with Gasteiger partial charge in [0.1, 0.15) is 0 Å². The molecule has 2 nitrogen and oxygen atoms in total. The number of hydrogen-bond acceptors (Lipinski definition) is 1. The van der Waals surface area contributed by atoms with Crippen LogP contribution >= 0.6 is 11.6 Å². The predicted molar refractivity (Wildman–Crippen MR) is 37.4 cm³/mol. The summed E-state index contributed by atoms with van der Waals surface area (Å²) in [6.07, 6.45) is 0. The molecule has 0 unspecified atom stereocenters. The lowest BCUT2D eigenvalue weighted by Crippen LogP contribution is -1.91. The molecule has 0 bridgehead atoms. The number of rotatable bonds is 0. The molecule has 0 aliphatic heterocycles. The summed E-state index contributed by atoms with van der Waals surface area (Å²) in [5.41, 5.74) is 1.61. The Bertz CT molecular complexity index is 205. The van der Waals surface area contributed by atoms with Gasteiger partial charge in [0.2, 0.25) is 0 Å². The Hall–Kier alpha value is -0.500. The number of nitrogens with zero attached hydrogens (tertiary/aromatic N) is 2. The monoisotopic (exact) mass is 143 g/mol. The van der Waals surface area contributed by atoms with Crippen LogP contribution in [0.25, 0.3) is 0 Å². The Labute approximate surface area is 59.4 Å². The van der Waals surface area contributed by atoms with Gasteiger partial charge >= 0.3 is 0 Å². The van der Waals surface area contributed by atoms with Crippen molar-refractivity contribution in [2.75, 3.05) is 0 Å². The lowest BCUT2D eigenvalue weighted by atomic mass is 10.4. The normalized spacial score (nSPS) is 10.2. The van der Waals surface area contributed by atoms with Crippen LogP contribution < -0.4 is 0 Å². The SMILES string of the molecule is [CH2]c1nn(C)c(C)c1Cl. The molecule has 0 amide bonds. The van der Waals surface area contributed by atoms with E-state index in [2.05, 4.69) is 12.0 Å². The maximum Gasteiger partial charge on any atom is 0.0847 e. The van der Waals surface area contributed by atoms with Crippen molar-refractivity contribution in [2.24, 2.45) is 7.05 Å². The van der Waals surface area contributed by atoms with Crippen molar-refractivity contribution in [1.29, 1.82) is 0 Å². The largest absolute Gasteiger partial charge is 0.271 e.